The van der Waals surface area contributed by atoms with Crippen molar-refractivity contribution in [2.45, 2.75) is 63.3 Å². The van der Waals surface area contributed by atoms with Crippen molar-refractivity contribution in [1.29, 1.82) is 0 Å². The first-order chi connectivity index (χ1) is 13.3. The standard InChI is InChI=1S/C19H29N5O4S/c1-18(2,3)28-17(25)24(21)16-22-19(4)14-11-13(20)10-9-12(14)7-6-8-15(19)29(26,27)23(16)5/h9-11,15H,6-8,20-21H2,1-5H3/t15?,19-/m1/s1. The topological polar surface area (TPSA) is 131 Å². The van der Waals surface area contributed by atoms with Gasteiger partial charge in [0, 0.05) is 12.7 Å². The van der Waals surface area contributed by atoms with Gasteiger partial charge < -0.3 is 10.5 Å². The molecule has 2 atom stereocenters. The predicted molar refractivity (Wildman–Crippen MR) is 111 cm³/mol. The Hall–Kier alpha value is -2.33. The lowest BCUT2D eigenvalue weighted by Crippen LogP contribution is -2.61. The van der Waals surface area contributed by atoms with Gasteiger partial charge in [0.05, 0.1) is 0 Å². The van der Waals surface area contributed by atoms with Crippen molar-refractivity contribution in [3.05, 3.63) is 29.3 Å². The summed E-state index contributed by atoms with van der Waals surface area (Å²) in [6.45, 7) is 6.85. The molecule has 1 aliphatic carbocycles. The van der Waals surface area contributed by atoms with Crippen molar-refractivity contribution in [2.75, 3.05) is 12.8 Å². The van der Waals surface area contributed by atoms with Crippen LogP contribution in [0.3, 0.4) is 0 Å². The van der Waals surface area contributed by atoms with Gasteiger partial charge in [-0.05, 0) is 70.2 Å². The number of aliphatic imine (C=N–C) groups is 1. The molecule has 1 aliphatic heterocycles. The van der Waals surface area contributed by atoms with Crippen molar-refractivity contribution in [2.24, 2.45) is 10.8 Å². The molecule has 160 valence electrons. The average molecular weight is 424 g/mol. The number of guanidine groups is 1. The minimum absolute atomic E-state index is 0.187. The fourth-order valence-electron chi connectivity index (χ4n) is 3.97. The summed E-state index contributed by atoms with van der Waals surface area (Å²) in [5, 5.41) is -0.139. The Balaban J connectivity index is 2.18. The van der Waals surface area contributed by atoms with Crippen LogP contribution in [0.25, 0.3) is 0 Å². The quantitative estimate of drug-likeness (QED) is 0.284. The highest BCUT2D eigenvalue weighted by Crippen LogP contribution is 2.45. The van der Waals surface area contributed by atoms with Gasteiger partial charge in [0.15, 0.2) is 0 Å². The Labute approximate surface area is 171 Å². The van der Waals surface area contributed by atoms with Gasteiger partial charge >= 0.3 is 6.09 Å². The fourth-order valence-corrected chi connectivity index (χ4v) is 5.93. The first-order valence-corrected chi connectivity index (χ1v) is 11.0. The highest BCUT2D eigenvalue weighted by atomic mass is 32.2. The van der Waals surface area contributed by atoms with E-state index in [9.17, 15) is 13.2 Å². The van der Waals surface area contributed by atoms with E-state index in [0.717, 1.165) is 21.9 Å². The molecule has 9 nitrogen and oxygen atoms in total. The Kier molecular flexibility index (Phi) is 5.07. The second-order valence-corrected chi connectivity index (χ2v) is 10.9. The molecule has 1 aromatic carbocycles. The summed E-state index contributed by atoms with van der Waals surface area (Å²) < 4.78 is 33.1. The molecule has 1 aromatic rings. The van der Waals surface area contributed by atoms with E-state index < -0.39 is 32.5 Å². The number of aryl methyl sites for hydroxylation is 1. The smallest absolute Gasteiger partial charge is 0.431 e. The average Bonchev–Trinajstić information content (AvgIpc) is 2.74. The summed E-state index contributed by atoms with van der Waals surface area (Å²) in [7, 11) is -2.49. The molecular weight excluding hydrogens is 394 g/mol. The molecule has 0 saturated heterocycles. The summed E-state index contributed by atoms with van der Waals surface area (Å²) in [6.07, 6.45) is 0.977. The van der Waals surface area contributed by atoms with E-state index in [-0.39, 0.29) is 5.96 Å². The Morgan fingerprint density at radius 3 is 2.66 bits per heavy atom. The van der Waals surface area contributed by atoms with Crippen LogP contribution >= 0.6 is 0 Å². The Morgan fingerprint density at radius 1 is 1.38 bits per heavy atom. The van der Waals surface area contributed by atoms with Crippen molar-refractivity contribution in [3.8, 4) is 0 Å². The van der Waals surface area contributed by atoms with Crippen LogP contribution in [0.15, 0.2) is 23.2 Å². The number of hydrazine groups is 1. The maximum absolute atomic E-state index is 13.4. The second-order valence-electron chi connectivity index (χ2n) is 8.72. The monoisotopic (exact) mass is 423 g/mol. The largest absolute Gasteiger partial charge is 0.442 e. The van der Waals surface area contributed by atoms with Gasteiger partial charge in [-0.15, -0.1) is 0 Å². The van der Waals surface area contributed by atoms with Gasteiger partial charge in [-0.2, -0.15) is 5.01 Å². The molecule has 1 unspecified atom stereocenters. The van der Waals surface area contributed by atoms with E-state index >= 15 is 0 Å². The predicted octanol–water partition coefficient (Wildman–Crippen LogP) is 1.93. The number of hydrogen-bond acceptors (Lipinski definition) is 7. The van der Waals surface area contributed by atoms with Crippen LogP contribution in [0.4, 0.5) is 10.5 Å². The number of rotatable bonds is 0. The van der Waals surface area contributed by atoms with E-state index in [1.54, 1.807) is 39.8 Å². The number of ether oxygens (including phenoxy) is 1. The Morgan fingerprint density at radius 2 is 2.03 bits per heavy atom. The number of carbonyl (C=O) groups is 1. The molecule has 10 heteroatoms. The normalized spacial score (nSPS) is 25.9. The summed E-state index contributed by atoms with van der Waals surface area (Å²) in [6, 6.07) is 5.48. The van der Waals surface area contributed by atoms with Crippen molar-refractivity contribution in [1.82, 2.24) is 9.31 Å². The third-order valence-corrected chi connectivity index (χ3v) is 7.72. The molecule has 29 heavy (non-hydrogen) atoms. The SMILES string of the molecule is CN1C(N(N)C(=O)OC(C)(C)C)=N[C@]2(C)c3cc(N)ccc3CCCC2S1(=O)=O. The van der Waals surface area contributed by atoms with E-state index in [1.165, 1.54) is 7.05 Å². The van der Waals surface area contributed by atoms with Gasteiger partial charge in [0.2, 0.25) is 16.0 Å². The van der Waals surface area contributed by atoms with E-state index in [1.807, 2.05) is 6.07 Å². The number of sulfonamides is 1. The first kappa shape index (κ1) is 21.4. The molecule has 0 saturated carbocycles. The Bertz CT molecular complexity index is 969. The number of carbonyl (C=O) groups excluding carboxylic acids is 1. The number of benzene rings is 1. The highest BCUT2D eigenvalue weighted by Gasteiger charge is 2.53. The van der Waals surface area contributed by atoms with E-state index in [0.29, 0.717) is 23.5 Å². The summed E-state index contributed by atoms with van der Waals surface area (Å²) in [4.78, 5) is 17.2. The molecule has 1 heterocycles. The van der Waals surface area contributed by atoms with Crippen LogP contribution in [0.5, 0.6) is 0 Å². The van der Waals surface area contributed by atoms with Crippen LogP contribution in [0.2, 0.25) is 0 Å². The van der Waals surface area contributed by atoms with Crippen LogP contribution in [0.1, 0.15) is 51.7 Å². The minimum atomic E-state index is -3.84. The second kappa shape index (κ2) is 6.88. The lowest BCUT2D eigenvalue weighted by atomic mass is 9.86. The third-order valence-electron chi connectivity index (χ3n) is 5.38. The fraction of sp³-hybridized carbons (Fsp3) is 0.579. The molecule has 2 aliphatic rings. The molecule has 3 rings (SSSR count). The third kappa shape index (κ3) is 3.66. The minimum Gasteiger partial charge on any atom is -0.442 e. The highest BCUT2D eigenvalue weighted by molar-refractivity contribution is 7.90. The van der Waals surface area contributed by atoms with E-state index in [4.69, 9.17) is 21.3 Å². The molecule has 4 N–H and O–H groups in total. The van der Waals surface area contributed by atoms with Crippen LogP contribution in [0, 0.1) is 0 Å². The lowest BCUT2D eigenvalue weighted by molar-refractivity contribution is 0.0354. The molecule has 1 amide bonds. The zero-order valence-corrected chi connectivity index (χ0v) is 18.3. The van der Waals surface area contributed by atoms with Crippen molar-refractivity contribution in [3.63, 3.8) is 0 Å². The maximum atomic E-state index is 13.4. The number of nitrogens with zero attached hydrogens (tertiary/aromatic N) is 3. The molecule has 0 bridgehead atoms. The van der Waals surface area contributed by atoms with Gasteiger partial charge in [-0.25, -0.2) is 28.4 Å². The van der Waals surface area contributed by atoms with Crippen molar-refractivity contribution < 1.29 is 17.9 Å². The van der Waals surface area contributed by atoms with E-state index in [2.05, 4.69) is 0 Å². The van der Waals surface area contributed by atoms with Crippen LogP contribution in [-0.4, -0.2) is 47.7 Å². The van der Waals surface area contributed by atoms with Crippen LogP contribution < -0.4 is 11.6 Å². The van der Waals surface area contributed by atoms with Gasteiger partial charge in [-0.3, -0.25) is 0 Å². The zero-order chi connectivity index (χ0) is 21.8. The number of fused-ring (bicyclic) bond motifs is 3. The summed E-state index contributed by atoms with van der Waals surface area (Å²) >= 11 is 0. The molecular formula is C19H29N5O4S. The van der Waals surface area contributed by atoms with Gasteiger partial charge in [0.1, 0.15) is 16.4 Å². The number of nitrogen functional groups attached to an aromatic ring is 1. The first-order valence-electron chi connectivity index (χ1n) is 9.51. The van der Waals surface area contributed by atoms with Crippen LogP contribution in [-0.2, 0) is 26.7 Å². The number of anilines is 1. The summed E-state index contributed by atoms with van der Waals surface area (Å²) in [5.41, 5.74) is 6.33. The summed E-state index contributed by atoms with van der Waals surface area (Å²) in [5.74, 6) is 5.79. The number of hydrogen-bond donors (Lipinski definition) is 2. The number of nitrogens with two attached hydrogens (primary N) is 2. The maximum Gasteiger partial charge on any atom is 0.431 e. The molecule has 0 radical (unpaired) electrons. The van der Waals surface area contributed by atoms with Crippen molar-refractivity contribution >= 4 is 27.8 Å². The molecule has 0 fully saturated rings. The number of amides is 1. The molecule has 0 aromatic heterocycles. The zero-order valence-electron chi connectivity index (χ0n) is 17.5. The van der Waals surface area contributed by atoms with Gasteiger partial charge in [-0.1, -0.05) is 6.07 Å². The lowest BCUT2D eigenvalue weighted by Gasteiger charge is -2.43. The van der Waals surface area contributed by atoms with Gasteiger partial charge in [0.25, 0.3) is 0 Å². The molecule has 0 spiro atoms.